The van der Waals surface area contributed by atoms with Crippen molar-refractivity contribution in [2.75, 3.05) is 18.5 Å². The third kappa shape index (κ3) is 3.49. The molecule has 1 aliphatic carbocycles. The SMILES string of the molecule is Cc1ccc(NC(=O)C(=O)NCC2(CO)CC2)c(Cl)c1. The summed E-state index contributed by atoms with van der Waals surface area (Å²) < 4.78 is 0. The highest BCUT2D eigenvalue weighted by Crippen LogP contribution is 2.44. The minimum absolute atomic E-state index is 0.0265. The van der Waals surface area contributed by atoms with Gasteiger partial charge >= 0.3 is 11.8 Å². The second-order valence-electron chi connectivity index (χ2n) is 5.28. The van der Waals surface area contributed by atoms with E-state index in [9.17, 15) is 9.59 Å². The zero-order valence-electron chi connectivity index (χ0n) is 11.2. The average molecular weight is 297 g/mol. The Morgan fingerprint density at radius 1 is 1.35 bits per heavy atom. The van der Waals surface area contributed by atoms with Gasteiger partial charge in [-0.1, -0.05) is 17.7 Å². The Morgan fingerprint density at radius 2 is 2.05 bits per heavy atom. The Labute approximate surface area is 122 Å². The molecule has 2 amide bonds. The molecule has 108 valence electrons. The summed E-state index contributed by atoms with van der Waals surface area (Å²) in [5, 5.41) is 14.5. The fraction of sp³-hybridized carbons (Fsp3) is 0.429. The maximum Gasteiger partial charge on any atom is 0.313 e. The highest BCUT2D eigenvalue weighted by molar-refractivity contribution is 6.41. The summed E-state index contributed by atoms with van der Waals surface area (Å²) >= 11 is 5.98. The van der Waals surface area contributed by atoms with E-state index in [2.05, 4.69) is 10.6 Å². The molecule has 1 fully saturated rings. The highest BCUT2D eigenvalue weighted by atomic mass is 35.5. The summed E-state index contributed by atoms with van der Waals surface area (Å²) in [5.41, 5.74) is 1.15. The molecule has 6 heteroatoms. The van der Waals surface area contributed by atoms with Gasteiger partial charge in [-0.3, -0.25) is 9.59 Å². The van der Waals surface area contributed by atoms with Crippen LogP contribution in [0.1, 0.15) is 18.4 Å². The molecule has 0 aliphatic heterocycles. The first-order chi connectivity index (χ1) is 9.46. The topological polar surface area (TPSA) is 78.4 Å². The van der Waals surface area contributed by atoms with Crippen LogP contribution >= 0.6 is 11.6 Å². The monoisotopic (exact) mass is 296 g/mol. The van der Waals surface area contributed by atoms with Gasteiger partial charge in [-0.05, 0) is 37.5 Å². The minimum atomic E-state index is -0.760. The van der Waals surface area contributed by atoms with E-state index in [4.69, 9.17) is 16.7 Å². The summed E-state index contributed by atoms with van der Waals surface area (Å²) in [6.07, 6.45) is 1.74. The largest absolute Gasteiger partial charge is 0.396 e. The third-order valence-electron chi connectivity index (χ3n) is 3.50. The predicted octanol–water partition coefficient (Wildman–Crippen LogP) is 1.48. The molecular weight excluding hydrogens is 280 g/mol. The molecule has 0 radical (unpaired) electrons. The van der Waals surface area contributed by atoms with Crippen molar-refractivity contribution >= 4 is 29.1 Å². The lowest BCUT2D eigenvalue weighted by Crippen LogP contribution is -2.39. The van der Waals surface area contributed by atoms with E-state index in [-0.39, 0.29) is 12.0 Å². The number of hydrogen-bond acceptors (Lipinski definition) is 3. The summed E-state index contributed by atoms with van der Waals surface area (Å²) in [5.74, 6) is -1.48. The Balaban J connectivity index is 1.89. The number of carbonyl (C=O) groups is 2. The lowest BCUT2D eigenvalue weighted by atomic mass is 10.1. The lowest BCUT2D eigenvalue weighted by molar-refractivity contribution is -0.136. The predicted molar refractivity (Wildman–Crippen MR) is 76.6 cm³/mol. The van der Waals surface area contributed by atoms with Crippen molar-refractivity contribution in [1.29, 1.82) is 0 Å². The third-order valence-corrected chi connectivity index (χ3v) is 3.81. The van der Waals surface area contributed by atoms with Crippen molar-refractivity contribution < 1.29 is 14.7 Å². The fourth-order valence-electron chi connectivity index (χ4n) is 1.82. The fourth-order valence-corrected chi connectivity index (χ4v) is 2.10. The number of rotatable bonds is 4. The summed E-state index contributed by atoms with van der Waals surface area (Å²) in [4.78, 5) is 23.4. The number of amides is 2. The second kappa shape index (κ2) is 5.81. The van der Waals surface area contributed by atoms with Crippen molar-refractivity contribution in [3.63, 3.8) is 0 Å². The van der Waals surface area contributed by atoms with Crippen molar-refractivity contribution in [2.24, 2.45) is 5.41 Å². The molecule has 5 nitrogen and oxygen atoms in total. The van der Waals surface area contributed by atoms with E-state index >= 15 is 0 Å². The Morgan fingerprint density at radius 3 is 2.60 bits per heavy atom. The molecule has 1 aromatic carbocycles. The maximum absolute atomic E-state index is 11.7. The number of anilines is 1. The van der Waals surface area contributed by atoms with Crippen LogP contribution in [0.2, 0.25) is 5.02 Å². The summed E-state index contributed by atoms with van der Waals surface area (Å²) in [7, 11) is 0. The first-order valence-electron chi connectivity index (χ1n) is 6.42. The van der Waals surface area contributed by atoms with Crippen LogP contribution in [0, 0.1) is 12.3 Å². The minimum Gasteiger partial charge on any atom is -0.396 e. The molecule has 0 heterocycles. The van der Waals surface area contributed by atoms with E-state index in [0.717, 1.165) is 18.4 Å². The normalized spacial score (nSPS) is 15.6. The zero-order chi connectivity index (χ0) is 14.8. The van der Waals surface area contributed by atoms with E-state index in [0.29, 0.717) is 17.3 Å². The van der Waals surface area contributed by atoms with Gasteiger partial charge in [0, 0.05) is 12.0 Å². The van der Waals surface area contributed by atoms with Crippen LogP contribution in [0.4, 0.5) is 5.69 Å². The van der Waals surface area contributed by atoms with Gasteiger partial charge < -0.3 is 15.7 Å². The quantitative estimate of drug-likeness (QED) is 0.736. The van der Waals surface area contributed by atoms with Gasteiger partial charge in [-0.15, -0.1) is 0 Å². The van der Waals surface area contributed by atoms with Crippen LogP contribution in [-0.4, -0.2) is 30.1 Å². The molecule has 1 aliphatic rings. The number of halogens is 1. The Bertz CT molecular complexity index is 541. The first-order valence-corrected chi connectivity index (χ1v) is 6.80. The van der Waals surface area contributed by atoms with Crippen LogP contribution < -0.4 is 10.6 Å². The number of nitrogens with one attached hydrogen (secondary N) is 2. The molecule has 1 saturated carbocycles. The van der Waals surface area contributed by atoms with E-state index in [1.807, 2.05) is 6.92 Å². The van der Waals surface area contributed by atoms with Gasteiger partial charge in [0.1, 0.15) is 0 Å². The second-order valence-corrected chi connectivity index (χ2v) is 5.69. The Kier molecular flexibility index (Phi) is 4.30. The van der Waals surface area contributed by atoms with Gasteiger partial charge in [0.15, 0.2) is 0 Å². The average Bonchev–Trinajstić information content (AvgIpc) is 3.20. The molecule has 0 spiro atoms. The summed E-state index contributed by atoms with van der Waals surface area (Å²) in [6, 6.07) is 5.16. The van der Waals surface area contributed by atoms with Crippen molar-refractivity contribution in [1.82, 2.24) is 5.32 Å². The van der Waals surface area contributed by atoms with Crippen LogP contribution in [0.25, 0.3) is 0 Å². The number of benzene rings is 1. The molecule has 3 N–H and O–H groups in total. The molecule has 1 aromatic rings. The Hall–Kier alpha value is -1.59. The van der Waals surface area contributed by atoms with Crippen molar-refractivity contribution in [3.8, 4) is 0 Å². The number of aryl methyl sites for hydroxylation is 1. The van der Waals surface area contributed by atoms with Crippen molar-refractivity contribution in [2.45, 2.75) is 19.8 Å². The van der Waals surface area contributed by atoms with Gasteiger partial charge in [0.25, 0.3) is 0 Å². The smallest absolute Gasteiger partial charge is 0.313 e. The summed E-state index contributed by atoms with van der Waals surface area (Å²) in [6.45, 7) is 2.23. The molecule has 0 aromatic heterocycles. The van der Waals surface area contributed by atoms with Gasteiger partial charge in [0.2, 0.25) is 0 Å². The molecule has 0 unspecified atom stereocenters. The van der Waals surface area contributed by atoms with Crippen molar-refractivity contribution in [3.05, 3.63) is 28.8 Å². The van der Waals surface area contributed by atoms with Crippen LogP contribution in [0.3, 0.4) is 0 Å². The van der Waals surface area contributed by atoms with E-state index in [1.54, 1.807) is 18.2 Å². The number of carbonyl (C=O) groups excluding carboxylic acids is 2. The number of aliphatic hydroxyl groups is 1. The van der Waals surface area contributed by atoms with Gasteiger partial charge in [-0.2, -0.15) is 0 Å². The molecule has 20 heavy (non-hydrogen) atoms. The standard InChI is InChI=1S/C14H17ClN2O3/c1-9-2-3-11(10(15)6-9)17-13(20)12(19)16-7-14(8-18)4-5-14/h2-3,6,18H,4-5,7-8H2,1H3,(H,16,19)(H,17,20). The maximum atomic E-state index is 11.7. The van der Waals surface area contributed by atoms with Crippen LogP contribution in [-0.2, 0) is 9.59 Å². The molecule has 0 saturated heterocycles. The van der Waals surface area contributed by atoms with Crippen LogP contribution in [0.15, 0.2) is 18.2 Å². The van der Waals surface area contributed by atoms with E-state index < -0.39 is 11.8 Å². The molecule has 2 rings (SSSR count). The molecule has 0 bridgehead atoms. The number of hydrogen-bond donors (Lipinski definition) is 3. The zero-order valence-corrected chi connectivity index (χ0v) is 12.0. The molecule has 0 atom stereocenters. The lowest BCUT2D eigenvalue weighted by Gasteiger charge is -2.13. The van der Waals surface area contributed by atoms with Crippen LogP contribution in [0.5, 0.6) is 0 Å². The first kappa shape index (κ1) is 14.8. The molecular formula is C14H17ClN2O3. The van der Waals surface area contributed by atoms with Gasteiger partial charge in [0.05, 0.1) is 17.3 Å². The highest BCUT2D eigenvalue weighted by Gasteiger charge is 2.42. The number of aliphatic hydroxyl groups excluding tert-OH is 1. The van der Waals surface area contributed by atoms with E-state index in [1.165, 1.54) is 0 Å². The van der Waals surface area contributed by atoms with Gasteiger partial charge in [-0.25, -0.2) is 0 Å².